The standard InChI is InChI=1S/C26H35ClN4O5S2/c1-5-6-14-38(35,36)30-19-8-7-13-31(16-19)24(33)20-10-9-18(15-17(20)2)28-25(34)26(3,4)29-23(32)21-11-12-22(27)37-21/h9-12,15,19,30H,5-8,13-14,16H2,1-4H3,(H,28,34)(H,29,32). The number of anilines is 1. The van der Waals surface area contributed by atoms with Crippen LogP contribution in [0, 0.1) is 6.92 Å². The summed E-state index contributed by atoms with van der Waals surface area (Å²) in [5, 5.41) is 5.52. The van der Waals surface area contributed by atoms with E-state index in [0.29, 0.717) is 58.4 Å². The molecule has 9 nitrogen and oxygen atoms in total. The molecule has 0 spiro atoms. The maximum atomic E-state index is 13.3. The van der Waals surface area contributed by atoms with Crippen LogP contribution in [0.5, 0.6) is 0 Å². The fourth-order valence-corrected chi connectivity index (χ4v) is 6.61. The van der Waals surface area contributed by atoms with Gasteiger partial charge in [-0.1, -0.05) is 24.9 Å². The molecule has 3 rings (SSSR count). The van der Waals surface area contributed by atoms with Gasteiger partial charge >= 0.3 is 0 Å². The Hall–Kier alpha value is -2.47. The lowest BCUT2D eigenvalue weighted by Gasteiger charge is -2.33. The van der Waals surface area contributed by atoms with Crippen molar-refractivity contribution in [2.24, 2.45) is 0 Å². The first-order chi connectivity index (χ1) is 17.8. The van der Waals surface area contributed by atoms with Crippen LogP contribution in [0.15, 0.2) is 30.3 Å². The molecule has 1 fully saturated rings. The number of hydrogen-bond acceptors (Lipinski definition) is 6. The number of hydrogen-bond donors (Lipinski definition) is 3. The molecule has 3 N–H and O–H groups in total. The Balaban J connectivity index is 1.62. The maximum Gasteiger partial charge on any atom is 0.262 e. The minimum absolute atomic E-state index is 0.0864. The lowest BCUT2D eigenvalue weighted by molar-refractivity contribution is -0.120. The number of aryl methyl sites for hydroxylation is 1. The van der Waals surface area contributed by atoms with Gasteiger partial charge in [0.2, 0.25) is 15.9 Å². The molecule has 12 heteroatoms. The average Bonchev–Trinajstić information content (AvgIpc) is 3.28. The van der Waals surface area contributed by atoms with Crippen molar-refractivity contribution in [2.45, 2.75) is 65.0 Å². The molecule has 1 aliphatic heterocycles. The first-order valence-electron chi connectivity index (χ1n) is 12.6. The van der Waals surface area contributed by atoms with E-state index in [2.05, 4.69) is 15.4 Å². The molecule has 2 aromatic rings. The largest absolute Gasteiger partial charge is 0.337 e. The third kappa shape index (κ3) is 8.02. The van der Waals surface area contributed by atoms with Crippen molar-refractivity contribution in [3.63, 3.8) is 0 Å². The van der Waals surface area contributed by atoms with E-state index in [1.807, 2.05) is 6.92 Å². The van der Waals surface area contributed by atoms with Gasteiger partial charge in [0, 0.05) is 30.4 Å². The van der Waals surface area contributed by atoms with E-state index in [0.717, 1.165) is 17.8 Å². The van der Waals surface area contributed by atoms with E-state index in [4.69, 9.17) is 11.6 Å². The quantitative estimate of drug-likeness (QED) is 0.387. The van der Waals surface area contributed by atoms with Gasteiger partial charge in [0.25, 0.3) is 11.8 Å². The highest BCUT2D eigenvalue weighted by Gasteiger charge is 2.31. The van der Waals surface area contributed by atoms with Crippen molar-refractivity contribution >= 4 is 56.4 Å². The molecule has 1 saturated heterocycles. The van der Waals surface area contributed by atoms with Crippen molar-refractivity contribution < 1.29 is 22.8 Å². The van der Waals surface area contributed by atoms with E-state index < -0.39 is 27.4 Å². The zero-order valence-electron chi connectivity index (χ0n) is 22.1. The number of piperidine rings is 1. The van der Waals surface area contributed by atoms with Crippen LogP contribution >= 0.6 is 22.9 Å². The summed E-state index contributed by atoms with van der Waals surface area (Å²) in [6.45, 7) is 7.79. The van der Waals surface area contributed by atoms with Gasteiger partial charge in [-0.05, 0) is 75.9 Å². The SMILES string of the molecule is CCCCS(=O)(=O)NC1CCCN(C(=O)c2ccc(NC(=O)C(C)(C)NC(=O)c3ccc(Cl)s3)cc2C)C1. The van der Waals surface area contributed by atoms with E-state index in [1.54, 1.807) is 56.0 Å². The van der Waals surface area contributed by atoms with Crippen LogP contribution in [0.1, 0.15) is 72.0 Å². The second kappa shape index (κ2) is 12.6. The van der Waals surface area contributed by atoms with Crippen molar-refractivity contribution in [3.8, 4) is 0 Å². The third-order valence-corrected chi connectivity index (χ3v) is 9.08. The Kier molecular flexibility index (Phi) is 9.96. The highest BCUT2D eigenvalue weighted by Crippen LogP contribution is 2.23. The maximum absolute atomic E-state index is 13.3. The predicted molar refractivity (Wildman–Crippen MR) is 151 cm³/mol. The van der Waals surface area contributed by atoms with Gasteiger partial charge in [0.15, 0.2) is 0 Å². The fourth-order valence-electron chi connectivity index (χ4n) is 4.18. The highest BCUT2D eigenvalue weighted by atomic mass is 35.5. The van der Waals surface area contributed by atoms with Crippen molar-refractivity contribution in [3.05, 3.63) is 50.7 Å². The number of likely N-dealkylation sites (tertiary alicyclic amines) is 1. The molecular weight excluding hydrogens is 548 g/mol. The Morgan fingerprint density at radius 3 is 2.55 bits per heavy atom. The van der Waals surface area contributed by atoms with Crippen molar-refractivity contribution in [1.29, 1.82) is 0 Å². The molecular formula is C26H35ClN4O5S2. The number of sulfonamides is 1. The zero-order valence-corrected chi connectivity index (χ0v) is 24.5. The monoisotopic (exact) mass is 582 g/mol. The van der Waals surface area contributed by atoms with Crippen molar-refractivity contribution in [2.75, 3.05) is 24.2 Å². The molecule has 1 aromatic heterocycles. The summed E-state index contributed by atoms with van der Waals surface area (Å²) < 4.78 is 27.8. The van der Waals surface area contributed by atoms with Gasteiger partial charge in [-0.2, -0.15) is 0 Å². The van der Waals surface area contributed by atoms with E-state index in [-0.39, 0.29) is 17.7 Å². The number of benzene rings is 1. The summed E-state index contributed by atoms with van der Waals surface area (Å²) in [6, 6.07) is 7.91. The second-order valence-corrected chi connectivity index (χ2v) is 13.6. The van der Waals surface area contributed by atoms with E-state index >= 15 is 0 Å². The summed E-state index contributed by atoms with van der Waals surface area (Å²) in [5.74, 6) is -0.906. The summed E-state index contributed by atoms with van der Waals surface area (Å²) >= 11 is 7.03. The third-order valence-electron chi connectivity index (χ3n) is 6.33. The Labute approximate surface area is 233 Å². The topological polar surface area (TPSA) is 125 Å². The van der Waals surface area contributed by atoms with Crippen molar-refractivity contribution in [1.82, 2.24) is 14.9 Å². The summed E-state index contributed by atoms with van der Waals surface area (Å²) in [4.78, 5) is 40.7. The van der Waals surface area contributed by atoms with E-state index in [1.165, 1.54) is 0 Å². The van der Waals surface area contributed by atoms with Gasteiger partial charge < -0.3 is 15.5 Å². The highest BCUT2D eigenvalue weighted by molar-refractivity contribution is 7.89. The van der Waals surface area contributed by atoms with Crippen LogP contribution in [0.4, 0.5) is 5.69 Å². The van der Waals surface area contributed by atoms with Crippen LogP contribution < -0.4 is 15.4 Å². The average molecular weight is 583 g/mol. The van der Waals surface area contributed by atoms with Crippen LogP contribution in [-0.4, -0.2) is 61.5 Å². The number of nitrogens with one attached hydrogen (secondary N) is 3. The molecule has 1 atom stereocenters. The number of amides is 3. The van der Waals surface area contributed by atoms with Gasteiger partial charge in [0.05, 0.1) is 15.0 Å². The summed E-state index contributed by atoms with van der Waals surface area (Å²) in [5.41, 5.74) is 0.447. The Morgan fingerprint density at radius 2 is 1.92 bits per heavy atom. The molecule has 0 bridgehead atoms. The molecule has 208 valence electrons. The number of rotatable bonds is 10. The molecule has 1 aromatic carbocycles. The van der Waals surface area contributed by atoms with Crippen LogP contribution in [0.25, 0.3) is 0 Å². The summed E-state index contributed by atoms with van der Waals surface area (Å²) in [7, 11) is -3.38. The fraction of sp³-hybridized carbons (Fsp3) is 0.500. The van der Waals surface area contributed by atoms with Gasteiger partial charge in [0.1, 0.15) is 5.54 Å². The number of carbonyl (C=O) groups excluding carboxylic acids is 3. The van der Waals surface area contributed by atoms with Crippen LogP contribution in [0.2, 0.25) is 4.34 Å². The number of thiophene rings is 1. The van der Waals surface area contributed by atoms with Gasteiger partial charge in [-0.15, -0.1) is 11.3 Å². The molecule has 0 aliphatic carbocycles. The smallest absolute Gasteiger partial charge is 0.262 e. The molecule has 1 aliphatic rings. The first kappa shape index (κ1) is 30.1. The minimum atomic E-state index is -3.38. The van der Waals surface area contributed by atoms with Gasteiger partial charge in [-0.25, -0.2) is 13.1 Å². The van der Waals surface area contributed by atoms with E-state index in [9.17, 15) is 22.8 Å². The number of unbranched alkanes of at least 4 members (excludes halogenated alkanes) is 1. The Morgan fingerprint density at radius 1 is 1.18 bits per heavy atom. The molecule has 2 heterocycles. The molecule has 0 saturated carbocycles. The number of nitrogens with zero attached hydrogens (tertiary/aromatic N) is 1. The first-order valence-corrected chi connectivity index (χ1v) is 15.4. The molecule has 3 amide bonds. The molecule has 38 heavy (non-hydrogen) atoms. The van der Waals surface area contributed by atoms with Crippen LogP contribution in [0.3, 0.4) is 0 Å². The predicted octanol–water partition coefficient (Wildman–Crippen LogP) is 4.18. The number of halogens is 1. The second-order valence-electron chi connectivity index (χ2n) is 10.0. The summed E-state index contributed by atoms with van der Waals surface area (Å²) in [6.07, 6.45) is 2.78. The molecule has 1 unspecified atom stereocenters. The molecule has 0 radical (unpaired) electrons. The normalized spacial score (nSPS) is 16.2. The lowest BCUT2D eigenvalue weighted by Crippen LogP contribution is -2.52. The minimum Gasteiger partial charge on any atom is -0.337 e. The number of carbonyl (C=O) groups is 3. The lowest BCUT2D eigenvalue weighted by atomic mass is 10.0. The zero-order chi connectivity index (χ0) is 28.1. The van der Waals surface area contributed by atoms with Gasteiger partial charge in [-0.3, -0.25) is 14.4 Å². The Bertz CT molecular complexity index is 1290. The van der Waals surface area contributed by atoms with Crippen LogP contribution in [-0.2, 0) is 14.8 Å².